The predicted octanol–water partition coefficient (Wildman–Crippen LogP) is 4.59. The summed E-state index contributed by atoms with van der Waals surface area (Å²) >= 11 is 1.47. The number of aromatic nitrogens is 2. The van der Waals surface area contributed by atoms with E-state index in [1.54, 1.807) is 25.1 Å². The molecule has 2 N–H and O–H groups in total. The lowest BCUT2D eigenvalue weighted by Crippen LogP contribution is -2.46. The average molecular weight is 572 g/mol. The van der Waals surface area contributed by atoms with E-state index in [0.29, 0.717) is 24.2 Å². The molecule has 208 valence electrons. The van der Waals surface area contributed by atoms with E-state index in [-0.39, 0.29) is 22.0 Å². The topological polar surface area (TPSA) is 144 Å². The SMILES string of the molecule is CCCC(C)(CC)CC(N=C1NS(=O)(=O)c2ccccc21)C(=O)N[C@@H](CC)C(=O)c1nc(-c2ccsc2)no1. The molecule has 1 aliphatic heterocycles. The fraction of sp³-hybridized carbons (Fsp3) is 0.444. The molecule has 2 unspecified atom stereocenters. The number of fused-ring (bicyclic) bond motifs is 1. The zero-order valence-corrected chi connectivity index (χ0v) is 24.1. The average Bonchev–Trinajstić information content (AvgIpc) is 3.67. The molecule has 10 nitrogen and oxygen atoms in total. The summed E-state index contributed by atoms with van der Waals surface area (Å²) in [5, 5.41) is 10.4. The quantitative estimate of drug-likeness (QED) is 0.303. The molecule has 3 aromatic rings. The minimum Gasteiger partial charge on any atom is -0.344 e. The number of amidine groups is 1. The van der Waals surface area contributed by atoms with Crippen LogP contribution in [-0.2, 0) is 14.8 Å². The summed E-state index contributed by atoms with van der Waals surface area (Å²) in [7, 11) is -3.77. The maximum Gasteiger partial charge on any atom is 0.296 e. The van der Waals surface area contributed by atoms with Crippen LogP contribution < -0.4 is 10.0 Å². The molecule has 0 saturated heterocycles. The van der Waals surface area contributed by atoms with Crippen LogP contribution in [0.15, 0.2) is 55.5 Å². The Morgan fingerprint density at radius 1 is 1.21 bits per heavy atom. The Bertz CT molecular complexity index is 1460. The Morgan fingerprint density at radius 3 is 2.64 bits per heavy atom. The largest absolute Gasteiger partial charge is 0.344 e. The van der Waals surface area contributed by atoms with Crippen molar-refractivity contribution in [1.82, 2.24) is 20.2 Å². The molecule has 12 heteroatoms. The number of hydrogen-bond acceptors (Lipinski definition) is 9. The van der Waals surface area contributed by atoms with Crippen molar-refractivity contribution >= 4 is 38.9 Å². The number of Topliss-reactive ketones (excluding diaryl/α,β-unsaturated/α-hetero) is 1. The summed E-state index contributed by atoms with van der Waals surface area (Å²) in [4.78, 5) is 35.9. The number of sulfonamides is 1. The number of hydrogen-bond donors (Lipinski definition) is 2. The predicted molar refractivity (Wildman–Crippen MR) is 149 cm³/mol. The number of benzene rings is 1. The van der Waals surface area contributed by atoms with E-state index < -0.39 is 33.8 Å². The number of nitrogens with one attached hydrogen (secondary N) is 2. The molecule has 4 rings (SSSR count). The van der Waals surface area contributed by atoms with Crippen molar-refractivity contribution in [3.8, 4) is 11.4 Å². The lowest BCUT2D eigenvalue weighted by atomic mass is 9.77. The van der Waals surface area contributed by atoms with Gasteiger partial charge in [-0.05, 0) is 48.3 Å². The highest BCUT2D eigenvalue weighted by atomic mass is 32.2. The normalized spacial score (nSPS) is 18.1. The summed E-state index contributed by atoms with van der Waals surface area (Å²) in [6.07, 6.45) is 3.26. The van der Waals surface area contributed by atoms with Gasteiger partial charge in [0.15, 0.2) is 0 Å². The summed E-state index contributed by atoms with van der Waals surface area (Å²) in [5.41, 5.74) is 0.939. The van der Waals surface area contributed by atoms with E-state index >= 15 is 0 Å². The first kappa shape index (κ1) is 28.6. The second-order valence-corrected chi connectivity index (χ2v) is 12.4. The van der Waals surface area contributed by atoms with Gasteiger partial charge in [-0.1, -0.05) is 57.8 Å². The van der Waals surface area contributed by atoms with E-state index in [0.717, 1.165) is 24.8 Å². The smallest absolute Gasteiger partial charge is 0.296 e. The van der Waals surface area contributed by atoms with Crippen molar-refractivity contribution in [2.45, 2.75) is 76.8 Å². The Labute approximate surface area is 232 Å². The van der Waals surface area contributed by atoms with E-state index in [4.69, 9.17) is 4.52 Å². The maximum absolute atomic E-state index is 13.7. The van der Waals surface area contributed by atoms with Crippen LogP contribution in [0.5, 0.6) is 0 Å². The molecule has 0 radical (unpaired) electrons. The van der Waals surface area contributed by atoms with Crippen LogP contribution in [0.25, 0.3) is 11.4 Å². The van der Waals surface area contributed by atoms with Crippen molar-refractivity contribution in [2.24, 2.45) is 10.4 Å². The molecular formula is C27H33N5O5S2. The molecule has 3 atom stereocenters. The summed E-state index contributed by atoms with van der Waals surface area (Å²) in [6.45, 7) is 8.01. The van der Waals surface area contributed by atoms with Gasteiger partial charge in [-0.25, -0.2) is 8.42 Å². The molecule has 3 heterocycles. The Hall–Kier alpha value is -3.38. The van der Waals surface area contributed by atoms with E-state index in [2.05, 4.69) is 45.9 Å². The number of thiophene rings is 1. The van der Waals surface area contributed by atoms with Gasteiger partial charge in [-0.3, -0.25) is 19.3 Å². The van der Waals surface area contributed by atoms with Gasteiger partial charge in [0, 0.05) is 16.5 Å². The third kappa shape index (κ3) is 6.27. The second-order valence-electron chi connectivity index (χ2n) is 9.98. The fourth-order valence-corrected chi connectivity index (χ4v) is 6.55. The lowest BCUT2D eigenvalue weighted by Gasteiger charge is -2.31. The highest BCUT2D eigenvalue weighted by Gasteiger charge is 2.36. The third-order valence-corrected chi connectivity index (χ3v) is 9.18. The van der Waals surface area contributed by atoms with Gasteiger partial charge in [0.05, 0.1) is 10.9 Å². The van der Waals surface area contributed by atoms with Crippen molar-refractivity contribution in [1.29, 1.82) is 0 Å². The molecule has 0 spiro atoms. The number of ketones is 1. The standard InChI is InChI=1S/C27H33N5O5S2/c1-5-13-27(4,7-3)15-20(28-24-18-10-8-9-11-21(18)39(35,36)32-24)25(34)29-19(6-2)22(33)26-30-23(31-37-26)17-12-14-38-16-17/h8-12,14,16,19-20H,5-7,13,15H2,1-4H3,(H,28,32)(H,29,34)/t19-,20?,27?/m0/s1. The fourth-order valence-electron chi connectivity index (χ4n) is 4.68. The van der Waals surface area contributed by atoms with Gasteiger partial charge >= 0.3 is 0 Å². The number of carbonyl (C=O) groups excluding carboxylic acids is 2. The van der Waals surface area contributed by atoms with Gasteiger partial charge in [0.25, 0.3) is 15.9 Å². The summed E-state index contributed by atoms with van der Waals surface area (Å²) in [6, 6.07) is 6.49. The van der Waals surface area contributed by atoms with Crippen molar-refractivity contribution in [2.75, 3.05) is 0 Å². The molecule has 2 aromatic heterocycles. The van der Waals surface area contributed by atoms with Crippen LogP contribution in [0.4, 0.5) is 0 Å². The minimum absolute atomic E-state index is 0.120. The molecule has 1 aliphatic rings. The zero-order valence-electron chi connectivity index (χ0n) is 22.4. The highest BCUT2D eigenvalue weighted by molar-refractivity contribution is 7.90. The number of nitrogens with zero attached hydrogens (tertiary/aromatic N) is 3. The Kier molecular flexibility index (Phi) is 8.65. The molecule has 0 bridgehead atoms. The van der Waals surface area contributed by atoms with E-state index in [9.17, 15) is 18.0 Å². The van der Waals surface area contributed by atoms with Crippen molar-refractivity contribution in [3.05, 3.63) is 52.5 Å². The zero-order chi connectivity index (χ0) is 28.2. The van der Waals surface area contributed by atoms with E-state index in [1.807, 2.05) is 16.8 Å². The van der Waals surface area contributed by atoms with Crippen LogP contribution in [0, 0.1) is 5.41 Å². The summed E-state index contributed by atoms with van der Waals surface area (Å²) < 4.78 is 33.0. The Morgan fingerprint density at radius 2 is 1.97 bits per heavy atom. The third-order valence-electron chi connectivity index (χ3n) is 7.10. The van der Waals surface area contributed by atoms with Gasteiger partial charge in [0.2, 0.25) is 17.5 Å². The molecule has 0 fully saturated rings. The Balaban J connectivity index is 1.62. The van der Waals surface area contributed by atoms with Crippen LogP contribution in [0.2, 0.25) is 0 Å². The molecule has 0 aliphatic carbocycles. The number of aliphatic imine (C=N–C) groups is 1. The monoisotopic (exact) mass is 571 g/mol. The van der Waals surface area contributed by atoms with Gasteiger partial charge < -0.3 is 9.84 Å². The van der Waals surface area contributed by atoms with Crippen LogP contribution in [-0.4, -0.2) is 48.2 Å². The highest BCUT2D eigenvalue weighted by Crippen LogP contribution is 2.34. The summed E-state index contributed by atoms with van der Waals surface area (Å²) in [5.74, 6) is -0.731. The molecule has 39 heavy (non-hydrogen) atoms. The minimum atomic E-state index is -3.77. The van der Waals surface area contributed by atoms with Crippen molar-refractivity contribution < 1.29 is 22.5 Å². The maximum atomic E-state index is 13.7. The lowest BCUT2D eigenvalue weighted by molar-refractivity contribution is -0.123. The van der Waals surface area contributed by atoms with Crippen LogP contribution in [0.3, 0.4) is 0 Å². The first-order valence-electron chi connectivity index (χ1n) is 13.0. The van der Waals surface area contributed by atoms with Crippen LogP contribution in [0.1, 0.15) is 76.0 Å². The number of carbonyl (C=O) groups is 2. The van der Waals surface area contributed by atoms with E-state index in [1.165, 1.54) is 17.4 Å². The number of amides is 1. The molecule has 0 saturated carbocycles. The molecule has 1 amide bonds. The van der Waals surface area contributed by atoms with Gasteiger partial charge in [-0.15, -0.1) is 0 Å². The number of rotatable bonds is 12. The van der Waals surface area contributed by atoms with Gasteiger partial charge in [0.1, 0.15) is 11.9 Å². The first-order valence-corrected chi connectivity index (χ1v) is 15.4. The van der Waals surface area contributed by atoms with Crippen LogP contribution >= 0.6 is 11.3 Å². The van der Waals surface area contributed by atoms with Gasteiger partial charge in [-0.2, -0.15) is 16.3 Å². The molecular weight excluding hydrogens is 538 g/mol. The van der Waals surface area contributed by atoms with Crippen molar-refractivity contribution in [3.63, 3.8) is 0 Å². The first-order chi connectivity index (χ1) is 18.6. The second kappa shape index (κ2) is 11.8. The molecule has 1 aromatic carbocycles.